The Labute approximate surface area is 180 Å². The molecule has 0 radical (unpaired) electrons. The van der Waals surface area contributed by atoms with Gasteiger partial charge in [0.2, 0.25) is 0 Å². The molecule has 1 aromatic heterocycles. The monoisotopic (exact) mass is 402 g/mol. The van der Waals surface area contributed by atoms with Crippen LogP contribution in [0.3, 0.4) is 0 Å². The normalized spacial score (nSPS) is 11.3. The fraction of sp³-hybridized carbons (Fsp3) is 0.0769. The molecule has 1 atom stereocenters. The first-order valence-corrected chi connectivity index (χ1v) is 9.81. The van der Waals surface area contributed by atoms with Gasteiger partial charge in [0, 0.05) is 16.7 Å². The van der Waals surface area contributed by atoms with Crippen LogP contribution in [-0.2, 0) is 0 Å². The smallest absolute Gasteiger partial charge is 0.267 e. The summed E-state index contributed by atoms with van der Waals surface area (Å²) in [5.41, 5.74) is 3.48. The summed E-state index contributed by atoms with van der Waals surface area (Å²) < 4.78 is 1.43. The molecule has 4 aromatic rings. The Bertz CT molecular complexity index is 1390. The Morgan fingerprint density at radius 2 is 1.32 bits per heavy atom. The van der Waals surface area contributed by atoms with Crippen LogP contribution < -0.4 is 5.56 Å². The van der Waals surface area contributed by atoms with E-state index in [2.05, 4.69) is 17.2 Å². The Hall–Kier alpha value is -4.48. The summed E-state index contributed by atoms with van der Waals surface area (Å²) >= 11 is 0. The number of nitriles is 2. The van der Waals surface area contributed by atoms with Crippen molar-refractivity contribution >= 4 is 0 Å². The van der Waals surface area contributed by atoms with Gasteiger partial charge in [-0.15, -0.1) is 0 Å². The molecule has 0 amide bonds. The summed E-state index contributed by atoms with van der Waals surface area (Å²) in [7, 11) is 0. The van der Waals surface area contributed by atoms with Crippen LogP contribution in [0.15, 0.2) is 89.9 Å². The molecule has 0 saturated heterocycles. The quantitative estimate of drug-likeness (QED) is 0.485. The predicted molar refractivity (Wildman–Crippen MR) is 119 cm³/mol. The van der Waals surface area contributed by atoms with Crippen molar-refractivity contribution in [3.05, 3.63) is 112 Å². The lowest BCUT2D eigenvalue weighted by molar-refractivity contribution is 0.533. The fourth-order valence-electron chi connectivity index (χ4n) is 3.69. The first kappa shape index (κ1) is 19.8. The van der Waals surface area contributed by atoms with Crippen LogP contribution in [-0.4, -0.2) is 9.78 Å². The first-order chi connectivity index (χ1) is 15.2. The number of aromatic nitrogens is 2. The molecule has 0 spiro atoms. The SMILES string of the molecule is CC(c1ccccc1)n1ncc(-c2ccccc2C#N)c(-c2ccccc2C#N)c1=O. The predicted octanol–water partition coefficient (Wildman–Crippen LogP) is 4.93. The van der Waals surface area contributed by atoms with Crippen molar-refractivity contribution in [3.8, 4) is 34.4 Å². The number of benzene rings is 3. The van der Waals surface area contributed by atoms with E-state index in [-0.39, 0.29) is 11.6 Å². The van der Waals surface area contributed by atoms with Crippen LogP contribution in [0.25, 0.3) is 22.3 Å². The molecule has 0 aliphatic rings. The zero-order valence-electron chi connectivity index (χ0n) is 16.9. The maximum Gasteiger partial charge on any atom is 0.275 e. The minimum Gasteiger partial charge on any atom is -0.267 e. The molecular formula is C26H18N4O. The van der Waals surface area contributed by atoms with Crippen molar-refractivity contribution in [3.63, 3.8) is 0 Å². The molecule has 0 N–H and O–H groups in total. The fourth-order valence-corrected chi connectivity index (χ4v) is 3.69. The summed E-state index contributed by atoms with van der Waals surface area (Å²) in [6.07, 6.45) is 1.61. The maximum atomic E-state index is 13.8. The van der Waals surface area contributed by atoms with Crippen LogP contribution in [0.5, 0.6) is 0 Å². The Kier molecular flexibility index (Phi) is 5.43. The molecule has 0 bridgehead atoms. The van der Waals surface area contributed by atoms with E-state index >= 15 is 0 Å². The van der Waals surface area contributed by atoms with E-state index in [1.807, 2.05) is 43.3 Å². The molecule has 0 saturated carbocycles. The average molecular weight is 402 g/mol. The molecule has 4 rings (SSSR count). The highest BCUT2D eigenvalue weighted by Gasteiger charge is 2.21. The largest absolute Gasteiger partial charge is 0.275 e. The van der Waals surface area contributed by atoms with Gasteiger partial charge in [-0.05, 0) is 24.6 Å². The molecular weight excluding hydrogens is 384 g/mol. The third-order valence-electron chi connectivity index (χ3n) is 5.31. The van der Waals surface area contributed by atoms with Gasteiger partial charge < -0.3 is 0 Å². The highest BCUT2D eigenvalue weighted by atomic mass is 16.1. The Balaban J connectivity index is 2.04. The Morgan fingerprint density at radius 1 is 0.774 bits per heavy atom. The lowest BCUT2D eigenvalue weighted by Crippen LogP contribution is -2.28. The molecule has 3 aromatic carbocycles. The number of rotatable bonds is 4. The third kappa shape index (κ3) is 3.61. The maximum absolute atomic E-state index is 13.8. The highest BCUT2D eigenvalue weighted by molar-refractivity contribution is 5.86. The average Bonchev–Trinajstić information content (AvgIpc) is 2.84. The van der Waals surface area contributed by atoms with Gasteiger partial charge in [-0.1, -0.05) is 66.7 Å². The van der Waals surface area contributed by atoms with Crippen LogP contribution in [0.4, 0.5) is 0 Å². The molecule has 5 heteroatoms. The van der Waals surface area contributed by atoms with Crippen molar-refractivity contribution < 1.29 is 0 Å². The second-order valence-corrected chi connectivity index (χ2v) is 7.08. The van der Waals surface area contributed by atoms with Gasteiger partial charge in [0.05, 0.1) is 41.1 Å². The van der Waals surface area contributed by atoms with Crippen molar-refractivity contribution in [1.82, 2.24) is 9.78 Å². The van der Waals surface area contributed by atoms with Gasteiger partial charge >= 0.3 is 0 Å². The summed E-state index contributed by atoms with van der Waals surface area (Å²) in [5.74, 6) is 0. The zero-order chi connectivity index (χ0) is 21.8. The summed E-state index contributed by atoms with van der Waals surface area (Å²) in [6.45, 7) is 1.91. The van der Waals surface area contributed by atoms with Gasteiger partial charge in [0.1, 0.15) is 0 Å². The van der Waals surface area contributed by atoms with E-state index in [9.17, 15) is 15.3 Å². The molecule has 31 heavy (non-hydrogen) atoms. The third-order valence-corrected chi connectivity index (χ3v) is 5.31. The van der Waals surface area contributed by atoms with Crippen LogP contribution in [0.2, 0.25) is 0 Å². The second-order valence-electron chi connectivity index (χ2n) is 7.08. The molecule has 1 unspecified atom stereocenters. The number of nitrogens with zero attached hydrogens (tertiary/aromatic N) is 4. The minimum atomic E-state index is -0.315. The van der Waals surface area contributed by atoms with Gasteiger partial charge in [0.15, 0.2) is 0 Å². The van der Waals surface area contributed by atoms with Crippen molar-refractivity contribution in [2.24, 2.45) is 0 Å². The zero-order valence-corrected chi connectivity index (χ0v) is 16.9. The molecule has 1 heterocycles. The van der Waals surface area contributed by atoms with Crippen LogP contribution in [0.1, 0.15) is 29.7 Å². The molecule has 0 fully saturated rings. The molecule has 148 valence electrons. The number of hydrogen-bond acceptors (Lipinski definition) is 4. The lowest BCUT2D eigenvalue weighted by atomic mass is 9.92. The van der Waals surface area contributed by atoms with E-state index in [1.165, 1.54) is 4.68 Å². The van der Waals surface area contributed by atoms with Crippen LogP contribution in [0, 0.1) is 22.7 Å². The van der Waals surface area contributed by atoms with Crippen molar-refractivity contribution in [1.29, 1.82) is 10.5 Å². The van der Waals surface area contributed by atoms with Crippen molar-refractivity contribution in [2.45, 2.75) is 13.0 Å². The minimum absolute atomic E-state index is 0.304. The number of hydrogen-bond donors (Lipinski definition) is 0. The van der Waals surface area contributed by atoms with Gasteiger partial charge in [-0.25, -0.2) is 4.68 Å². The van der Waals surface area contributed by atoms with Gasteiger partial charge in [0.25, 0.3) is 5.56 Å². The van der Waals surface area contributed by atoms with E-state index in [0.717, 1.165) is 5.56 Å². The summed E-state index contributed by atoms with van der Waals surface area (Å²) in [6, 6.07) is 27.8. The van der Waals surface area contributed by atoms with Gasteiger partial charge in [-0.2, -0.15) is 15.6 Å². The van der Waals surface area contributed by atoms with E-state index < -0.39 is 0 Å². The molecule has 5 nitrogen and oxygen atoms in total. The highest BCUT2D eigenvalue weighted by Crippen LogP contribution is 2.33. The van der Waals surface area contributed by atoms with Crippen molar-refractivity contribution in [2.75, 3.05) is 0 Å². The first-order valence-electron chi connectivity index (χ1n) is 9.81. The van der Waals surface area contributed by atoms with E-state index in [4.69, 9.17) is 0 Å². The topological polar surface area (TPSA) is 82.5 Å². The molecule has 0 aliphatic carbocycles. The lowest BCUT2D eigenvalue weighted by Gasteiger charge is -2.18. The van der Waals surface area contributed by atoms with E-state index in [0.29, 0.717) is 33.4 Å². The summed E-state index contributed by atoms with van der Waals surface area (Å²) in [4.78, 5) is 13.8. The Morgan fingerprint density at radius 3 is 1.97 bits per heavy atom. The second kappa shape index (κ2) is 8.49. The van der Waals surface area contributed by atoms with Crippen LogP contribution >= 0.6 is 0 Å². The summed E-state index contributed by atoms with van der Waals surface area (Å²) in [5, 5.41) is 23.7. The van der Waals surface area contributed by atoms with E-state index in [1.54, 1.807) is 48.7 Å². The van der Waals surface area contributed by atoms with Gasteiger partial charge in [-0.3, -0.25) is 4.79 Å². The molecule has 0 aliphatic heterocycles. The standard InChI is InChI=1S/C26H18N4O/c1-18(19-9-3-2-4-10-19)30-26(31)25(23-14-8-6-12-21(23)16-28)24(17-29-30)22-13-7-5-11-20(22)15-27/h2-14,17-18H,1H3.